The molecule has 0 amide bonds. The van der Waals surface area contributed by atoms with Crippen molar-refractivity contribution in [1.29, 1.82) is 5.26 Å². The molecule has 2 aromatic rings. The Kier molecular flexibility index (Phi) is 9.24. The summed E-state index contributed by atoms with van der Waals surface area (Å²) in [7, 11) is 1.74. The lowest BCUT2D eigenvalue weighted by molar-refractivity contribution is 0.0456. The number of nitrogens with zero attached hydrogens (tertiary/aromatic N) is 3. The van der Waals surface area contributed by atoms with Crippen LogP contribution in [0.5, 0.6) is 0 Å². The molecule has 0 radical (unpaired) electrons. The zero-order valence-corrected chi connectivity index (χ0v) is 21.4. The summed E-state index contributed by atoms with van der Waals surface area (Å²) < 4.78 is 25.5. The highest BCUT2D eigenvalue weighted by Crippen LogP contribution is 2.32. The molecule has 2 aromatic heterocycles. The molecule has 36 heavy (non-hydrogen) atoms. The number of methoxy groups -OCH3 is 1. The van der Waals surface area contributed by atoms with Crippen LogP contribution in [0.3, 0.4) is 0 Å². The molecule has 1 aliphatic carbocycles. The van der Waals surface area contributed by atoms with Crippen molar-refractivity contribution in [3.05, 3.63) is 42.2 Å². The SMILES string of the molecule is COC[C@@H](C)NC1CCC(Cc2cc(-c3cncc(NCC4(C#N)CCOCC4)c3)c(F)cn2)CC1. The lowest BCUT2D eigenvalue weighted by Crippen LogP contribution is -2.41. The summed E-state index contributed by atoms with van der Waals surface area (Å²) in [5.41, 5.74) is 2.47. The van der Waals surface area contributed by atoms with E-state index in [0.29, 0.717) is 61.7 Å². The van der Waals surface area contributed by atoms with Gasteiger partial charge in [0.25, 0.3) is 0 Å². The third kappa shape index (κ3) is 7.00. The minimum Gasteiger partial charge on any atom is -0.383 e. The Morgan fingerprint density at radius 3 is 2.69 bits per heavy atom. The molecule has 4 rings (SSSR count). The van der Waals surface area contributed by atoms with Gasteiger partial charge in [0.1, 0.15) is 5.82 Å². The fourth-order valence-corrected chi connectivity index (χ4v) is 5.39. The zero-order chi connectivity index (χ0) is 25.4. The van der Waals surface area contributed by atoms with Gasteiger partial charge in [0, 0.05) is 68.2 Å². The van der Waals surface area contributed by atoms with Gasteiger partial charge in [0.2, 0.25) is 0 Å². The molecule has 1 saturated heterocycles. The van der Waals surface area contributed by atoms with E-state index in [4.69, 9.17) is 9.47 Å². The van der Waals surface area contributed by atoms with Gasteiger partial charge in [-0.15, -0.1) is 0 Å². The molecule has 2 aliphatic rings. The molecule has 8 heteroatoms. The molecule has 7 nitrogen and oxygen atoms in total. The molecular weight excluding hydrogens is 457 g/mol. The topological polar surface area (TPSA) is 92.1 Å². The van der Waals surface area contributed by atoms with Crippen LogP contribution in [0.4, 0.5) is 10.1 Å². The lowest BCUT2D eigenvalue weighted by atomic mass is 9.81. The summed E-state index contributed by atoms with van der Waals surface area (Å²) in [6, 6.07) is 7.13. The van der Waals surface area contributed by atoms with Gasteiger partial charge < -0.3 is 20.1 Å². The Balaban J connectivity index is 1.37. The summed E-state index contributed by atoms with van der Waals surface area (Å²) in [4.78, 5) is 8.73. The van der Waals surface area contributed by atoms with Crippen molar-refractivity contribution in [2.24, 2.45) is 11.3 Å². The molecule has 2 N–H and O–H groups in total. The van der Waals surface area contributed by atoms with E-state index < -0.39 is 5.41 Å². The number of ether oxygens (including phenoxy) is 2. The molecule has 0 unspecified atom stereocenters. The summed E-state index contributed by atoms with van der Waals surface area (Å²) in [6.45, 7) is 4.60. The predicted molar refractivity (Wildman–Crippen MR) is 138 cm³/mol. The average Bonchev–Trinajstić information content (AvgIpc) is 2.90. The van der Waals surface area contributed by atoms with Crippen molar-refractivity contribution >= 4 is 5.69 Å². The minimum absolute atomic E-state index is 0.351. The van der Waals surface area contributed by atoms with Crippen molar-refractivity contribution < 1.29 is 13.9 Å². The maximum absolute atomic E-state index is 14.8. The number of halogens is 1. The number of anilines is 1. The monoisotopic (exact) mass is 495 g/mol. The molecule has 194 valence electrons. The van der Waals surface area contributed by atoms with Crippen LogP contribution in [-0.4, -0.2) is 55.5 Å². The number of pyridine rings is 2. The van der Waals surface area contributed by atoms with Crippen molar-refractivity contribution in [2.45, 2.75) is 64.0 Å². The van der Waals surface area contributed by atoms with Crippen LogP contribution >= 0.6 is 0 Å². The highest BCUT2D eigenvalue weighted by atomic mass is 19.1. The van der Waals surface area contributed by atoms with Crippen molar-refractivity contribution in [3.8, 4) is 17.2 Å². The predicted octanol–water partition coefficient (Wildman–Crippen LogP) is 4.74. The average molecular weight is 496 g/mol. The van der Waals surface area contributed by atoms with Crippen LogP contribution in [0, 0.1) is 28.5 Å². The van der Waals surface area contributed by atoms with Gasteiger partial charge in [-0.3, -0.25) is 9.97 Å². The van der Waals surface area contributed by atoms with E-state index in [-0.39, 0.29) is 5.82 Å². The van der Waals surface area contributed by atoms with Gasteiger partial charge in [-0.1, -0.05) is 0 Å². The normalized spacial score (nSPS) is 22.5. The van der Waals surface area contributed by atoms with Gasteiger partial charge >= 0.3 is 0 Å². The van der Waals surface area contributed by atoms with Crippen LogP contribution in [0.25, 0.3) is 11.1 Å². The van der Waals surface area contributed by atoms with Gasteiger partial charge in [-0.05, 0) is 69.9 Å². The molecule has 2 fully saturated rings. The first-order chi connectivity index (χ1) is 17.5. The number of nitrogens with one attached hydrogen (secondary N) is 2. The summed E-state index contributed by atoms with van der Waals surface area (Å²) in [5, 5.41) is 16.7. The van der Waals surface area contributed by atoms with Crippen LogP contribution in [0.2, 0.25) is 0 Å². The van der Waals surface area contributed by atoms with E-state index in [1.807, 2.05) is 12.1 Å². The second-order valence-electron chi connectivity index (χ2n) is 10.4. The molecular formula is C28H38FN5O2. The van der Waals surface area contributed by atoms with E-state index in [2.05, 4.69) is 33.6 Å². The fourth-order valence-electron chi connectivity index (χ4n) is 5.39. The molecule has 0 bridgehead atoms. The third-order valence-electron chi connectivity index (χ3n) is 7.56. The summed E-state index contributed by atoms with van der Waals surface area (Å²) in [5.74, 6) is 0.204. The van der Waals surface area contributed by atoms with E-state index in [9.17, 15) is 9.65 Å². The van der Waals surface area contributed by atoms with Crippen molar-refractivity contribution in [3.63, 3.8) is 0 Å². The lowest BCUT2D eigenvalue weighted by Gasteiger charge is -2.31. The van der Waals surface area contributed by atoms with Crippen LogP contribution < -0.4 is 10.6 Å². The summed E-state index contributed by atoms with van der Waals surface area (Å²) in [6.07, 6.45) is 11.5. The maximum Gasteiger partial charge on any atom is 0.149 e. The number of nitriles is 1. The van der Waals surface area contributed by atoms with E-state index >= 15 is 0 Å². The first-order valence-electron chi connectivity index (χ1n) is 13.1. The number of rotatable bonds is 10. The Labute approximate surface area is 213 Å². The van der Waals surface area contributed by atoms with E-state index in [1.165, 1.54) is 6.20 Å². The highest BCUT2D eigenvalue weighted by Gasteiger charge is 2.32. The standard InChI is InChI=1S/C28H38FN5O2/c1-20(17-35-2)34-23-5-3-21(4-6-23)11-24-13-26(27(29)16-32-24)22-12-25(15-31-14-22)33-19-28(18-30)7-9-36-10-8-28/h12-16,20-21,23,33-34H,3-11,17,19H2,1-2H3/t20-,21?,23?/m1/s1. The first-order valence-corrected chi connectivity index (χ1v) is 13.1. The quantitative estimate of drug-likeness (QED) is 0.492. The molecule has 1 atom stereocenters. The number of aromatic nitrogens is 2. The molecule has 0 spiro atoms. The Morgan fingerprint density at radius 2 is 1.97 bits per heavy atom. The number of hydrogen-bond acceptors (Lipinski definition) is 7. The van der Waals surface area contributed by atoms with Crippen molar-refractivity contribution in [2.75, 3.05) is 38.8 Å². The second-order valence-corrected chi connectivity index (χ2v) is 10.4. The highest BCUT2D eigenvalue weighted by molar-refractivity contribution is 5.67. The van der Waals surface area contributed by atoms with E-state index in [1.54, 1.807) is 19.5 Å². The Morgan fingerprint density at radius 1 is 1.19 bits per heavy atom. The second kappa shape index (κ2) is 12.6. The zero-order valence-electron chi connectivity index (χ0n) is 21.4. The minimum atomic E-state index is -0.445. The molecule has 1 saturated carbocycles. The Bertz CT molecular complexity index is 1030. The van der Waals surface area contributed by atoms with Gasteiger partial charge in [0.05, 0.1) is 30.0 Å². The third-order valence-corrected chi connectivity index (χ3v) is 7.56. The molecule has 3 heterocycles. The maximum atomic E-state index is 14.8. The largest absolute Gasteiger partial charge is 0.383 e. The van der Waals surface area contributed by atoms with Crippen LogP contribution in [0.1, 0.15) is 51.1 Å². The molecule has 1 aliphatic heterocycles. The van der Waals surface area contributed by atoms with Gasteiger partial charge in [-0.25, -0.2) is 4.39 Å². The van der Waals surface area contributed by atoms with Gasteiger partial charge in [0.15, 0.2) is 0 Å². The van der Waals surface area contributed by atoms with Gasteiger partial charge in [-0.2, -0.15) is 5.26 Å². The van der Waals surface area contributed by atoms with Crippen LogP contribution in [-0.2, 0) is 15.9 Å². The number of hydrogen-bond donors (Lipinski definition) is 2. The Hall–Kier alpha value is -2.60. The van der Waals surface area contributed by atoms with E-state index in [0.717, 1.165) is 50.1 Å². The summed E-state index contributed by atoms with van der Waals surface area (Å²) >= 11 is 0. The fraction of sp³-hybridized carbons (Fsp3) is 0.607. The molecule has 0 aromatic carbocycles. The van der Waals surface area contributed by atoms with Crippen LogP contribution in [0.15, 0.2) is 30.7 Å². The smallest absolute Gasteiger partial charge is 0.149 e. The first kappa shape index (κ1) is 26.5. The van der Waals surface area contributed by atoms with Crippen molar-refractivity contribution in [1.82, 2.24) is 15.3 Å².